The van der Waals surface area contributed by atoms with Gasteiger partial charge in [-0.05, 0) is 53.4 Å². The molecule has 1 heterocycles. The lowest BCUT2D eigenvalue weighted by Crippen LogP contribution is -2.30. The van der Waals surface area contributed by atoms with Crippen LogP contribution < -0.4 is 5.73 Å². The van der Waals surface area contributed by atoms with Crippen molar-refractivity contribution in [2.24, 2.45) is 11.7 Å². The molecule has 1 aliphatic rings. The molecule has 1 saturated heterocycles. The monoisotopic (exact) mass is 368 g/mol. The van der Waals surface area contributed by atoms with Crippen LogP contribution in [0.2, 0.25) is 0 Å². The first kappa shape index (κ1) is 16.9. The minimum atomic E-state index is -3.40. The summed E-state index contributed by atoms with van der Waals surface area (Å²) in [7, 11) is -3.40. The Morgan fingerprint density at radius 3 is 2.74 bits per heavy atom. The predicted octanol–water partition coefficient (Wildman–Crippen LogP) is 2.15. The molecule has 4 nitrogen and oxygen atoms in total. The van der Waals surface area contributed by atoms with Crippen LogP contribution >= 0.6 is 28.3 Å². The van der Waals surface area contributed by atoms with E-state index >= 15 is 0 Å². The van der Waals surface area contributed by atoms with Crippen molar-refractivity contribution in [2.75, 3.05) is 19.6 Å². The van der Waals surface area contributed by atoms with Crippen LogP contribution in [0.25, 0.3) is 0 Å². The van der Waals surface area contributed by atoms with E-state index in [9.17, 15) is 8.42 Å². The number of aryl methyl sites for hydroxylation is 1. The van der Waals surface area contributed by atoms with Crippen LogP contribution in [-0.2, 0) is 10.0 Å². The lowest BCUT2D eigenvalue weighted by atomic mass is 10.1. The van der Waals surface area contributed by atoms with Crippen LogP contribution in [0.5, 0.6) is 0 Å². The summed E-state index contributed by atoms with van der Waals surface area (Å²) in [5.74, 6) is 0.281. The van der Waals surface area contributed by atoms with Gasteiger partial charge < -0.3 is 5.73 Å². The van der Waals surface area contributed by atoms with Gasteiger partial charge in [0.25, 0.3) is 0 Å². The van der Waals surface area contributed by atoms with Crippen LogP contribution in [0, 0.1) is 12.8 Å². The van der Waals surface area contributed by atoms with Gasteiger partial charge in [0.15, 0.2) is 0 Å². The maximum Gasteiger partial charge on any atom is 0.244 e. The second kappa shape index (κ2) is 6.54. The Morgan fingerprint density at radius 1 is 1.47 bits per heavy atom. The van der Waals surface area contributed by atoms with Gasteiger partial charge in [0.05, 0.1) is 4.90 Å². The molecule has 1 aromatic rings. The third kappa shape index (κ3) is 3.31. The molecule has 1 aromatic carbocycles. The topological polar surface area (TPSA) is 63.4 Å². The van der Waals surface area contributed by atoms with Gasteiger partial charge in [-0.15, -0.1) is 12.4 Å². The van der Waals surface area contributed by atoms with Crippen LogP contribution in [0.15, 0.2) is 27.6 Å². The fourth-order valence-electron chi connectivity index (χ4n) is 2.17. The summed E-state index contributed by atoms with van der Waals surface area (Å²) in [4.78, 5) is 0.347. The van der Waals surface area contributed by atoms with Gasteiger partial charge in [0, 0.05) is 17.6 Å². The predicted molar refractivity (Wildman–Crippen MR) is 82.0 cm³/mol. The van der Waals surface area contributed by atoms with E-state index in [0.717, 1.165) is 12.0 Å². The van der Waals surface area contributed by atoms with Gasteiger partial charge in [-0.25, -0.2) is 8.42 Å². The molecule has 0 saturated carbocycles. The van der Waals surface area contributed by atoms with Crippen molar-refractivity contribution >= 4 is 38.4 Å². The van der Waals surface area contributed by atoms with Crippen LogP contribution in [0.1, 0.15) is 12.0 Å². The maximum atomic E-state index is 12.5. The normalized spacial score (nSPS) is 20.3. The minimum Gasteiger partial charge on any atom is -0.330 e. The Bertz CT molecular complexity index is 551. The van der Waals surface area contributed by atoms with E-state index in [0.29, 0.717) is 29.0 Å². The molecule has 108 valence electrons. The first-order chi connectivity index (χ1) is 8.46. The van der Waals surface area contributed by atoms with Crippen molar-refractivity contribution in [1.82, 2.24) is 4.31 Å². The van der Waals surface area contributed by atoms with Crippen molar-refractivity contribution in [2.45, 2.75) is 18.2 Å². The molecular weight excluding hydrogens is 352 g/mol. The molecule has 2 rings (SSSR count). The van der Waals surface area contributed by atoms with E-state index < -0.39 is 10.0 Å². The molecule has 0 spiro atoms. The van der Waals surface area contributed by atoms with E-state index in [1.54, 1.807) is 12.1 Å². The van der Waals surface area contributed by atoms with Gasteiger partial charge in [-0.1, -0.05) is 12.1 Å². The van der Waals surface area contributed by atoms with Gasteiger partial charge >= 0.3 is 0 Å². The molecule has 1 unspecified atom stereocenters. The van der Waals surface area contributed by atoms with Crippen molar-refractivity contribution in [1.29, 1.82) is 0 Å². The number of halogens is 2. The highest BCUT2D eigenvalue weighted by Gasteiger charge is 2.33. The summed E-state index contributed by atoms with van der Waals surface area (Å²) in [5, 5.41) is 0. The molecule has 1 fully saturated rings. The Morgan fingerprint density at radius 2 is 2.16 bits per heavy atom. The second-order valence-electron chi connectivity index (χ2n) is 4.64. The van der Waals surface area contributed by atoms with Crippen LogP contribution in [0.4, 0.5) is 0 Å². The molecule has 1 atom stereocenters. The highest BCUT2D eigenvalue weighted by atomic mass is 79.9. The molecule has 1 aliphatic heterocycles. The van der Waals surface area contributed by atoms with Gasteiger partial charge in [0.1, 0.15) is 0 Å². The number of benzene rings is 1. The third-order valence-electron chi connectivity index (χ3n) is 3.36. The standard InChI is InChI=1S/C12H17BrN2O2S.ClH/c1-9-3-2-4-11(12(9)13)18(16,17)15-6-5-10(7-14)8-15;/h2-4,10H,5-8,14H2,1H3;1H. The summed E-state index contributed by atoms with van der Waals surface area (Å²) in [6.07, 6.45) is 0.846. The first-order valence-electron chi connectivity index (χ1n) is 5.92. The van der Waals surface area contributed by atoms with Gasteiger partial charge in [-0.3, -0.25) is 0 Å². The molecule has 7 heteroatoms. The second-order valence-corrected chi connectivity index (χ2v) is 7.34. The van der Waals surface area contributed by atoms with Crippen molar-refractivity contribution in [3.8, 4) is 0 Å². The number of hydrogen-bond donors (Lipinski definition) is 1. The molecule has 2 N–H and O–H groups in total. The quantitative estimate of drug-likeness (QED) is 0.888. The molecule has 19 heavy (non-hydrogen) atoms. The average Bonchev–Trinajstić information content (AvgIpc) is 2.81. The van der Waals surface area contributed by atoms with E-state index in [-0.39, 0.29) is 18.3 Å². The third-order valence-corrected chi connectivity index (χ3v) is 6.58. The molecule has 0 bridgehead atoms. The smallest absolute Gasteiger partial charge is 0.244 e. The van der Waals surface area contributed by atoms with E-state index in [4.69, 9.17) is 5.73 Å². The van der Waals surface area contributed by atoms with Gasteiger partial charge in [-0.2, -0.15) is 4.31 Å². The van der Waals surface area contributed by atoms with Crippen molar-refractivity contribution in [3.63, 3.8) is 0 Å². The Labute approximate surface area is 128 Å². The zero-order chi connectivity index (χ0) is 13.3. The molecule has 0 aliphatic carbocycles. The van der Waals surface area contributed by atoms with E-state index in [1.807, 2.05) is 13.0 Å². The zero-order valence-corrected chi connectivity index (χ0v) is 13.9. The highest BCUT2D eigenvalue weighted by molar-refractivity contribution is 9.10. The number of sulfonamides is 1. The minimum absolute atomic E-state index is 0. The number of nitrogens with two attached hydrogens (primary N) is 1. The molecule has 0 amide bonds. The van der Waals surface area contributed by atoms with Crippen LogP contribution in [-0.4, -0.2) is 32.4 Å². The Hall–Kier alpha value is -0.140. The lowest BCUT2D eigenvalue weighted by Gasteiger charge is -2.18. The summed E-state index contributed by atoms with van der Waals surface area (Å²) in [6, 6.07) is 5.29. The number of rotatable bonds is 3. The van der Waals surface area contributed by atoms with Gasteiger partial charge in [0.2, 0.25) is 10.0 Å². The largest absolute Gasteiger partial charge is 0.330 e. The number of hydrogen-bond acceptors (Lipinski definition) is 3. The summed E-state index contributed by atoms with van der Waals surface area (Å²) < 4.78 is 27.2. The van der Waals surface area contributed by atoms with E-state index in [1.165, 1.54) is 4.31 Å². The fraction of sp³-hybridized carbons (Fsp3) is 0.500. The first-order valence-corrected chi connectivity index (χ1v) is 8.15. The SMILES string of the molecule is Cc1cccc(S(=O)(=O)N2CCC(CN)C2)c1Br.Cl. The summed E-state index contributed by atoms with van der Waals surface area (Å²) in [5.41, 5.74) is 6.52. The lowest BCUT2D eigenvalue weighted by molar-refractivity contribution is 0.458. The van der Waals surface area contributed by atoms with Crippen molar-refractivity contribution < 1.29 is 8.42 Å². The van der Waals surface area contributed by atoms with Crippen LogP contribution in [0.3, 0.4) is 0 Å². The average molecular weight is 370 g/mol. The zero-order valence-electron chi connectivity index (χ0n) is 10.7. The summed E-state index contributed by atoms with van der Waals surface area (Å²) >= 11 is 3.36. The molecule has 0 radical (unpaired) electrons. The van der Waals surface area contributed by atoms with Crippen molar-refractivity contribution in [3.05, 3.63) is 28.2 Å². The maximum absolute atomic E-state index is 12.5. The molecule has 0 aromatic heterocycles. The highest BCUT2D eigenvalue weighted by Crippen LogP contribution is 2.30. The van der Waals surface area contributed by atoms with E-state index in [2.05, 4.69) is 15.9 Å². The fourth-order valence-corrected chi connectivity index (χ4v) is 4.71. The Balaban J connectivity index is 0.00000180. The number of nitrogens with zero attached hydrogens (tertiary/aromatic N) is 1. The summed E-state index contributed by atoms with van der Waals surface area (Å²) in [6.45, 7) is 3.51. The Kier molecular flexibility index (Phi) is 5.82. The molecular formula is C12H18BrClN2O2S.